The van der Waals surface area contributed by atoms with Crippen molar-refractivity contribution >= 4 is 23.5 Å². The summed E-state index contributed by atoms with van der Waals surface area (Å²) < 4.78 is 0. The van der Waals surface area contributed by atoms with E-state index in [1.54, 1.807) is 18.5 Å². The fraction of sp³-hybridized carbons (Fsp3) is 0.381. The molecule has 1 aromatic carbocycles. The van der Waals surface area contributed by atoms with Crippen LogP contribution in [-0.4, -0.2) is 40.5 Å². The number of piperidine rings is 1. The van der Waals surface area contributed by atoms with E-state index in [4.69, 9.17) is 11.6 Å². The molecule has 2 aliphatic rings. The number of aromatic nitrogens is 1. The molecular weight excluding hydrogens is 376 g/mol. The van der Waals surface area contributed by atoms with Gasteiger partial charge < -0.3 is 10.6 Å². The summed E-state index contributed by atoms with van der Waals surface area (Å²) in [6.07, 6.45) is 5.41. The topological polar surface area (TPSA) is 74.3 Å². The Kier molecular flexibility index (Phi) is 5.33. The van der Waals surface area contributed by atoms with Gasteiger partial charge in [0.25, 0.3) is 5.91 Å². The third-order valence-corrected chi connectivity index (χ3v) is 6.10. The predicted molar refractivity (Wildman–Crippen MR) is 107 cm³/mol. The number of carbonyl (C=O) groups excluding carboxylic acids is 2. The number of nitrogens with one attached hydrogen (secondary N) is 2. The molecule has 1 atom stereocenters. The van der Waals surface area contributed by atoms with Crippen molar-refractivity contribution < 1.29 is 9.59 Å². The van der Waals surface area contributed by atoms with Gasteiger partial charge in [0, 0.05) is 23.8 Å². The second-order valence-corrected chi connectivity index (χ2v) is 7.85. The van der Waals surface area contributed by atoms with Gasteiger partial charge in [-0.25, -0.2) is 4.79 Å². The standard InChI is InChI=1S/C21H23ClN4O2/c22-18-6-2-1-5-16(18)12-21(17-7-10-23-11-8-17)19(27)26(20(28)25-21)14-15-4-3-9-24-13-15/h1-6,9,13,17,23H,7-8,10-12,14H2,(H,25,28)/t21-/m1/s1. The molecule has 0 bridgehead atoms. The summed E-state index contributed by atoms with van der Waals surface area (Å²) in [4.78, 5) is 31.9. The zero-order valence-corrected chi connectivity index (χ0v) is 16.3. The van der Waals surface area contributed by atoms with Gasteiger partial charge >= 0.3 is 6.03 Å². The monoisotopic (exact) mass is 398 g/mol. The van der Waals surface area contributed by atoms with Crippen LogP contribution >= 0.6 is 11.6 Å². The van der Waals surface area contributed by atoms with E-state index in [2.05, 4.69) is 15.6 Å². The van der Waals surface area contributed by atoms with Crippen molar-refractivity contribution in [2.75, 3.05) is 13.1 Å². The fourth-order valence-electron chi connectivity index (χ4n) is 4.26. The van der Waals surface area contributed by atoms with Gasteiger partial charge in [-0.05, 0) is 55.1 Å². The molecule has 6 nitrogen and oxygen atoms in total. The molecule has 146 valence electrons. The van der Waals surface area contributed by atoms with Gasteiger partial charge in [0.1, 0.15) is 5.54 Å². The van der Waals surface area contributed by atoms with Crippen LogP contribution in [0.25, 0.3) is 0 Å². The summed E-state index contributed by atoms with van der Waals surface area (Å²) in [6, 6.07) is 10.8. The van der Waals surface area contributed by atoms with Gasteiger partial charge in [0.2, 0.25) is 0 Å². The van der Waals surface area contributed by atoms with Crippen LogP contribution in [0, 0.1) is 5.92 Å². The predicted octanol–water partition coefficient (Wildman–Crippen LogP) is 2.77. The van der Waals surface area contributed by atoms with Crippen molar-refractivity contribution in [2.45, 2.75) is 31.3 Å². The van der Waals surface area contributed by atoms with Crippen molar-refractivity contribution in [1.29, 1.82) is 0 Å². The summed E-state index contributed by atoms with van der Waals surface area (Å²) in [5.41, 5.74) is 0.733. The fourth-order valence-corrected chi connectivity index (χ4v) is 4.46. The van der Waals surface area contributed by atoms with E-state index in [0.717, 1.165) is 37.1 Å². The minimum Gasteiger partial charge on any atom is -0.322 e. The molecule has 2 aromatic rings. The quantitative estimate of drug-likeness (QED) is 0.759. The molecule has 0 saturated carbocycles. The molecule has 0 unspecified atom stereocenters. The lowest BCUT2D eigenvalue weighted by Crippen LogP contribution is -2.57. The largest absolute Gasteiger partial charge is 0.325 e. The number of hydrogen-bond acceptors (Lipinski definition) is 4. The average Bonchev–Trinajstić information content (AvgIpc) is 2.96. The van der Waals surface area contributed by atoms with Crippen LogP contribution < -0.4 is 10.6 Å². The highest BCUT2D eigenvalue weighted by atomic mass is 35.5. The Labute approximate surface area is 169 Å². The van der Waals surface area contributed by atoms with Crippen molar-refractivity contribution in [3.63, 3.8) is 0 Å². The Balaban J connectivity index is 1.68. The first-order valence-electron chi connectivity index (χ1n) is 9.57. The van der Waals surface area contributed by atoms with Crippen LogP contribution in [0.5, 0.6) is 0 Å². The van der Waals surface area contributed by atoms with Crippen LogP contribution in [0.4, 0.5) is 4.79 Å². The van der Waals surface area contributed by atoms with Crippen molar-refractivity contribution in [3.8, 4) is 0 Å². The lowest BCUT2D eigenvalue weighted by atomic mass is 9.74. The number of benzene rings is 1. The molecule has 2 aliphatic heterocycles. The summed E-state index contributed by atoms with van der Waals surface area (Å²) in [5.74, 6) is -0.117. The first kappa shape index (κ1) is 18.9. The number of hydrogen-bond donors (Lipinski definition) is 2. The third kappa shape index (κ3) is 3.50. The molecule has 0 spiro atoms. The van der Waals surface area contributed by atoms with Crippen molar-refractivity contribution in [2.24, 2.45) is 5.92 Å². The Hall–Kier alpha value is -2.44. The lowest BCUT2D eigenvalue weighted by Gasteiger charge is -2.38. The minimum atomic E-state index is -0.966. The molecule has 3 amide bonds. The zero-order chi connectivity index (χ0) is 19.6. The molecule has 0 radical (unpaired) electrons. The number of halogens is 1. The summed E-state index contributed by atoms with van der Waals surface area (Å²) in [7, 11) is 0. The van der Waals surface area contributed by atoms with Crippen molar-refractivity contribution in [3.05, 3.63) is 64.9 Å². The van der Waals surface area contributed by atoms with E-state index >= 15 is 0 Å². The van der Waals surface area contributed by atoms with Gasteiger partial charge in [-0.1, -0.05) is 35.9 Å². The smallest absolute Gasteiger partial charge is 0.322 e. The van der Waals surface area contributed by atoms with E-state index < -0.39 is 5.54 Å². The minimum absolute atomic E-state index is 0.0559. The number of nitrogens with zero attached hydrogens (tertiary/aromatic N) is 2. The number of imide groups is 1. The molecule has 2 N–H and O–H groups in total. The Bertz CT molecular complexity index is 870. The van der Waals surface area contributed by atoms with Gasteiger partial charge in [-0.2, -0.15) is 0 Å². The molecular formula is C21H23ClN4O2. The third-order valence-electron chi connectivity index (χ3n) is 5.73. The number of urea groups is 1. The van der Waals surface area contributed by atoms with E-state index in [1.807, 2.05) is 30.3 Å². The van der Waals surface area contributed by atoms with Crippen LogP contribution in [0.1, 0.15) is 24.0 Å². The van der Waals surface area contributed by atoms with Gasteiger partial charge in [0.05, 0.1) is 6.54 Å². The van der Waals surface area contributed by atoms with Crippen LogP contribution in [-0.2, 0) is 17.8 Å². The van der Waals surface area contributed by atoms with Crippen LogP contribution in [0.2, 0.25) is 5.02 Å². The van der Waals surface area contributed by atoms with Gasteiger partial charge in [-0.15, -0.1) is 0 Å². The maximum absolute atomic E-state index is 13.6. The summed E-state index contributed by atoms with van der Waals surface area (Å²) in [6.45, 7) is 1.88. The molecule has 3 heterocycles. The first-order valence-corrected chi connectivity index (χ1v) is 9.95. The van der Waals surface area contributed by atoms with E-state index in [9.17, 15) is 9.59 Å². The van der Waals surface area contributed by atoms with Gasteiger partial charge in [0.15, 0.2) is 0 Å². The molecule has 1 aromatic heterocycles. The second-order valence-electron chi connectivity index (χ2n) is 7.45. The average molecular weight is 399 g/mol. The maximum Gasteiger partial charge on any atom is 0.325 e. The maximum atomic E-state index is 13.6. The second kappa shape index (κ2) is 7.89. The van der Waals surface area contributed by atoms with Crippen LogP contribution in [0.15, 0.2) is 48.8 Å². The first-order chi connectivity index (χ1) is 13.6. The zero-order valence-electron chi connectivity index (χ0n) is 15.5. The number of carbonyl (C=O) groups is 2. The highest BCUT2D eigenvalue weighted by Gasteiger charge is 2.55. The molecule has 7 heteroatoms. The highest BCUT2D eigenvalue weighted by Crippen LogP contribution is 2.37. The number of pyridine rings is 1. The molecule has 2 saturated heterocycles. The number of amides is 3. The molecule has 2 fully saturated rings. The molecule has 28 heavy (non-hydrogen) atoms. The molecule has 0 aliphatic carbocycles. The normalized spacial score (nSPS) is 23.1. The Morgan fingerprint density at radius 2 is 1.93 bits per heavy atom. The lowest BCUT2D eigenvalue weighted by molar-refractivity contribution is -0.134. The SMILES string of the molecule is O=C1N[C@](Cc2ccccc2Cl)(C2CCNCC2)C(=O)N1Cc1cccnc1. The highest BCUT2D eigenvalue weighted by molar-refractivity contribution is 6.31. The number of rotatable bonds is 5. The Morgan fingerprint density at radius 3 is 2.64 bits per heavy atom. The molecule has 4 rings (SSSR count). The summed E-state index contributed by atoms with van der Waals surface area (Å²) >= 11 is 6.40. The summed E-state index contributed by atoms with van der Waals surface area (Å²) in [5, 5.41) is 7.01. The van der Waals surface area contributed by atoms with Crippen LogP contribution in [0.3, 0.4) is 0 Å². The van der Waals surface area contributed by atoms with E-state index in [-0.39, 0.29) is 24.4 Å². The Morgan fingerprint density at radius 1 is 1.14 bits per heavy atom. The van der Waals surface area contributed by atoms with E-state index in [1.165, 1.54) is 4.90 Å². The van der Waals surface area contributed by atoms with Crippen molar-refractivity contribution in [1.82, 2.24) is 20.5 Å². The van der Waals surface area contributed by atoms with Gasteiger partial charge in [-0.3, -0.25) is 14.7 Å². The van der Waals surface area contributed by atoms with E-state index in [0.29, 0.717) is 11.4 Å².